The molecule has 24 heavy (non-hydrogen) atoms. The van der Waals surface area contributed by atoms with Gasteiger partial charge in [0.05, 0.1) is 17.2 Å². The molecule has 1 saturated heterocycles. The third kappa shape index (κ3) is 3.19. The number of piperidine rings is 1. The van der Waals surface area contributed by atoms with Gasteiger partial charge in [0.25, 0.3) is 5.56 Å². The van der Waals surface area contributed by atoms with E-state index in [2.05, 4.69) is 11.9 Å². The molecule has 1 aliphatic rings. The number of hydrogen-bond acceptors (Lipinski definition) is 4. The van der Waals surface area contributed by atoms with Crippen molar-refractivity contribution in [3.05, 3.63) is 40.9 Å². The highest BCUT2D eigenvalue weighted by atomic mass is 16.2. The highest BCUT2D eigenvalue weighted by molar-refractivity contribution is 5.78. The predicted molar refractivity (Wildman–Crippen MR) is 93.6 cm³/mol. The van der Waals surface area contributed by atoms with Crippen LogP contribution in [0.3, 0.4) is 0 Å². The lowest BCUT2D eigenvalue weighted by atomic mass is 9.90. The van der Waals surface area contributed by atoms with Crippen LogP contribution in [0.1, 0.15) is 26.2 Å². The molecule has 0 bridgehead atoms. The number of carbonyl (C=O) groups is 1. The molecule has 2 heterocycles. The standard InChI is InChI=1S/C18H24N4O2/c1-13-5-4-9-22(16(13)11-19)17(23)8-10-21-12-20-15-7-3-2-6-14(15)18(21)24/h2-3,6-7,12-13,16H,4-5,8-11,19H2,1H3/t13-,16+/m0/s1. The zero-order valence-corrected chi connectivity index (χ0v) is 14.0. The molecule has 0 aliphatic carbocycles. The van der Waals surface area contributed by atoms with E-state index >= 15 is 0 Å². The van der Waals surface area contributed by atoms with E-state index < -0.39 is 0 Å². The van der Waals surface area contributed by atoms with Crippen molar-refractivity contribution >= 4 is 16.8 Å². The number of benzene rings is 1. The fraction of sp³-hybridized carbons (Fsp3) is 0.500. The van der Waals surface area contributed by atoms with E-state index in [-0.39, 0.29) is 17.5 Å². The molecular formula is C18H24N4O2. The van der Waals surface area contributed by atoms with Crippen LogP contribution >= 0.6 is 0 Å². The largest absolute Gasteiger partial charge is 0.338 e. The molecule has 0 radical (unpaired) electrons. The minimum Gasteiger partial charge on any atom is -0.338 e. The number of aromatic nitrogens is 2. The molecule has 2 aromatic rings. The Kier molecular flexibility index (Phi) is 4.94. The molecule has 0 unspecified atom stereocenters. The topological polar surface area (TPSA) is 81.2 Å². The molecule has 1 amide bonds. The minimum absolute atomic E-state index is 0.0667. The van der Waals surface area contributed by atoms with Gasteiger partial charge in [-0.15, -0.1) is 0 Å². The summed E-state index contributed by atoms with van der Waals surface area (Å²) in [4.78, 5) is 31.3. The third-order valence-corrected chi connectivity index (χ3v) is 4.98. The van der Waals surface area contributed by atoms with E-state index in [9.17, 15) is 9.59 Å². The van der Waals surface area contributed by atoms with Crippen LogP contribution in [0.4, 0.5) is 0 Å². The van der Waals surface area contributed by atoms with E-state index in [4.69, 9.17) is 5.73 Å². The van der Waals surface area contributed by atoms with E-state index in [0.717, 1.165) is 19.4 Å². The van der Waals surface area contributed by atoms with E-state index in [1.165, 1.54) is 10.9 Å². The van der Waals surface area contributed by atoms with Crippen LogP contribution in [0, 0.1) is 5.92 Å². The first kappa shape index (κ1) is 16.6. The van der Waals surface area contributed by atoms with Gasteiger partial charge in [0, 0.05) is 32.1 Å². The molecule has 1 aliphatic heterocycles. The summed E-state index contributed by atoms with van der Waals surface area (Å²) in [5.41, 5.74) is 6.43. The highest BCUT2D eigenvalue weighted by Gasteiger charge is 2.30. The number of likely N-dealkylation sites (tertiary alicyclic amines) is 1. The second-order valence-electron chi connectivity index (χ2n) is 6.52. The van der Waals surface area contributed by atoms with Crippen LogP contribution in [0.25, 0.3) is 10.9 Å². The van der Waals surface area contributed by atoms with Crippen molar-refractivity contribution in [3.63, 3.8) is 0 Å². The molecule has 2 atom stereocenters. The second-order valence-corrected chi connectivity index (χ2v) is 6.52. The Bertz CT molecular complexity index is 786. The smallest absolute Gasteiger partial charge is 0.261 e. The van der Waals surface area contributed by atoms with E-state index in [1.807, 2.05) is 23.1 Å². The summed E-state index contributed by atoms with van der Waals surface area (Å²) in [6.45, 7) is 3.74. The number of fused-ring (bicyclic) bond motifs is 1. The zero-order chi connectivity index (χ0) is 17.1. The Balaban J connectivity index is 1.72. The molecule has 0 spiro atoms. The lowest BCUT2D eigenvalue weighted by Crippen LogP contribution is -2.51. The number of aryl methyl sites for hydroxylation is 1. The third-order valence-electron chi connectivity index (χ3n) is 4.98. The van der Waals surface area contributed by atoms with Gasteiger partial charge in [-0.2, -0.15) is 0 Å². The fourth-order valence-corrected chi connectivity index (χ4v) is 3.54. The minimum atomic E-state index is -0.101. The zero-order valence-electron chi connectivity index (χ0n) is 14.0. The Morgan fingerprint density at radius 3 is 2.96 bits per heavy atom. The summed E-state index contributed by atoms with van der Waals surface area (Å²) < 4.78 is 1.52. The Hall–Kier alpha value is -2.21. The predicted octanol–water partition coefficient (Wildman–Crippen LogP) is 1.37. The van der Waals surface area contributed by atoms with Gasteiger partial charge >= 0.3 is 0 Å². The van der Waals surface area contributed by atoms with Gasteiger partial charge in [-0.25, -0.2) is 4.98 Å². The van der Waals surface area contributed by atoms with Gasteiger partial charge < -0.3 is 10.6 Å². The quantitative estimate of drug-likeness (QED) is 0.919. The number of amides is 1. The summed E-state index contributed by atoms with van der Waals surface area (Å²) in [6, 6.07) is 7.36. The molecule has 128 valence electrons. The molecule has 1 aromatic heterocycles. The Morgan fingerprint density at radius 1 is 1.38 bits per heavy atom. The van der Waals surface area contributed by atoms with Crippen molar-refractivity contribution in [2.24, 2.45) is 11.7 Å². The van der Waals surface area contributed by atoms with Crippen LogP contribution in [-0.4, -0.2) is 39.5 Å². The monoisotopic (exact) mass is 328 g/mol. The summed E-state index contributed by atoms with van der Waals surface area (Å²) in [5.74, 6) is 0.495. The molecule has 1 fully saturated rings. The number of nitrogens with two attached hydrogens (primary N) is 1. The number of para-hydroxylation sites is 1. The summed E-state index contributed by atoms with van der Waals surface area (Å²) in [7, 11) is 0. The van der Waals surface area contributed by atoms with Crippen molar-refractivity contribution in [3.8, 4) is 0 Å². The Morgan fingerprint density at radius 2 is 2.17 bits per heavy atom. The maximum absolute atomic E-state index is 12.6. The Labute approximate surface area is 141 Å². The van der Waals surface area contributed by atoms with Crippen molar-refractivity contribution in [1.29, 1.82) is 0 Å². The average Bonchev–Trinajstić information content (AvgIpc) is 2.61. The number of carbonyl (C=O) groups excluding carboxylic acids is 1. The number of nitrogens with zero attached hydrogens (tertiary/aromatic N) is 3. The molecule has 2 N–H and O–H groups in total. The van der Waals surface area contributed by atoms with Crippen molar-refractivity contribution in [2.75, 3.05) is 13.1 Å². The first-order valence-corrected chi connectivity index (χ1v) is 8.55. The normalized spacial score (nSPS) is 21.2. The van der Waals surface area contributed by atoms with Crippen LogP contribution in [-0.2, 0) is 11.3 Å². The van der Waals surface area contributed by atoms with Crippen LogP contribution < -0.4 is 11.3 Å². The average molecular weight is 328 g/mol. The number of hydrogen-bond donors (Lipinski definition) is 1. The fourth-order valence-electron chi connectivity index (χ4n) is 3.54. The van der Waals surface area contributed by atoms with Crippen LogP contribution in [0.5, 0.6) is 0 Å². The van der Waals surface area contributed by atoms with Crippen molar-refractivity contribution in [1.82, 2.24) is 14.5 Å². The lowest BCUT2D eigenvalue weighted by molar-refractivity contribution is -0.136. The molecule has 6 nitrogen and oxygen atoms in total. The van der Waals surface area contributed by atoms with Gasteiger partial charge in [-0.3, -0.25) is 14.2 Å². The van der Waals surface area contributed by atoms with E-state index in [0.29, 0.717) is 36.3 Å². The van der Waals surface area contributed by atoms with Gasteiger partial charge in [-0.05, 0) is 30.9 Å². The van der Waals surface area contributed by atoms with Crippen LogP contribution in [0.2, 0.25) is 0 Å². The highest BCUT2D eigenvalue weighted by Crippen LogP contribution is 2.23. The molecule has 1 aromatic carbocycles. The molecule has 3 rings (SSSR count). The SMILES string of the molecule is C[C@H]1CCCN(C(=O)CCn2cnc3ccccc3c2=O)[C@@H]1CN. The molecular weight excluding hydrogens is 304 g/mol. The van der Waals surface area contributed by atoms with Gasteiger partial charge in [0.15, 0.2) is 0 Å². The lowest BCUT2D eigenvalue weighted by Gasteiger charge is -2.39. The van der Waals surface area contributed by atoms with Crippen LogP contribution in [0.15, 0.2) is 35.4 Å². The summed E-state index contributed by atoms with van der Waals surface area (Å²) >= 11 is 0. The second kappa shape index (κ2) is 7.13. The first-order valence-electron chi connectivity index (χ1n) is 8.55. The summed E-state index contributed by atoms with van der Waals surface area (Å²) in [6.07, 6.45) is 3.95. The van der Waals surface area contributed by atoms with Gasteiger partial charge in [0.1, 0.15) is 0 Å². The molecule has 6 heteroatoms. The van der Waals surface area contributed by atoms with Gasteiger partial charge in [-0.1, -0.05) is 19.1 Å². The van der Waals surface area contributed by atoms with Crippen molar-refractivity contribution in [2.45, 2.75) is 38.8 Å². The first-order chi connectivity index (χ1) is 11.6. The van der Waals surface area contributed by atoms with Crippen molar-refractivity contribution < 1.29 is 4.79 Å². The summed E-state index contributed by atoms with van der Waals surface area (Å²) in [5, 5.41) is 0.582. The maximum Gasteiger partial charge on any atom is 0.261 e. The maximum atomic E-state index is 12.6. The number of rotatable bonds is 4. The van der Waals surface area contributed by atoms with E-state index in [1.54, 1.807) is 6.07 Å². The van der Waals surface area contributed by atoms with Gasteiger partial charge in [0.2, 0.25) is 5.91 Å². The molecule has 0 saturated carbocycles.